The highest BCUT2D eigenvalue weighted by molar-refractivity contribution is 14.1. The van der Waals surface area contributed by atoms with Gasteiger partial charge >= 0.3 is 0 Å². The molecule has 114 valence electrons. The zero-order valence-corrected chi connectivity index (χ0v) is 13.9. The summed E-state index contributed by atoms with van der Waals surface area (Å²) in [5.41, 5.74) is 4.68. The van der Waals surface area contributed by atoms with Crippen LogP contribution >= 0.6 is 22.6 Å². The summed E-state index contributed by atoms with van der Waals surface area (Å²) >= 11 is 2.05. The summed E-state index contributed by atoms with van der Waals surface area (Å²) in [6.07, 6.45) is 5.19. The number of nitrogens with zero attached hydrogens (tertiary/aromatic N) is 2. The number of carbonyl (C=O) groups excluding carboxylic acids is 1. The molecule has 0 saturated carbocycles. The average Bonchev–Trinajstić information content (AvgIpc) is 2.95. The molecule has 2 heterocycles. The number of likely N-dealkylation sites (N-methyl/N-ethyl adjacent to an activating group) is 1. The van der Waals surface area contributed by atoms with E-state index in [0.717, 1.165) is 14.2 Å². The lowest BCUT2D eigenvalue weighted by Gasteiger charge is -2.31. The number of amides is 1. The molecule has 1 amide bonds. The van der Waals surface area contributed by atoms with Gasteiger partial charge in [-0.3, -0.25) is 15.2 Å². The van der Waals surface area contributed by atoms with Crippen molar-refractivity contribution in [3.8, 4) is 0 Å². The summed E-state index contributed by atoms with van der Waals surface area (Å²) in [4.78, 5) is 17.1. The predicted molar refractivity (Wildman–Crippen MR) is 89.1 cm³/mol. The van der Waals surface area contributed by atoms with Gasteiger partial charge in [0.2, 0.25) is 0 Å². The second-order valence-corrected chi connectivity index (χ2v) is 6.06. The van der Waals surface area contributed by atoms with Crippen LogP contribution in [0.3, 0.4) is 0 Å². The Hall–Kier alpha value is -1.94. The molecule has 1 atom stereocenters. The van der Waals surface area contributed by atoms with E-state index in [0.29, 0.717) is 17.9 Å². The number of fused-ring (bicyclic) bond motifs is 1. The van der Waals surface area contributed by atoms with Gasteiger partial charge in [-0.15, -0.1) is 0 Å². The number of aliphatic imine (C=N–C) groups is 1. The molecular weight excluding hydrogens is 400 g/mol. The third-order valence-electron chi connectivity index (χ3n) is 3.37. The predicted octanol–water partition coefficient (Wildman–Crippen LogP) is 0.428. The molecule has 1 aromatic rings. The lowest BCUT2D eigenvalue weighted by atomic mass is 10.2. The lowest BCUT2D eigenvalue weighted by Crippen LogP contribution is -3.05. The van der Waals surface area contributed by atoms with Crippen LogP contribution in [0.15, 0.2) is 47.0 Å². The first kappa shape index (κ1) is 15.0. The highest BCUT2D eigenvalue weighted by atomic mass is 127. The third-order valence-corrected chi connectivity index (χ3v) is 4.04. The van der Waals surface area contributed by atoms with Gasteiger partial charge in [-0.25, -0.2) is 14.3 Å². The first-order chi connectivity index (χ1) is 10.6. The molecule has 0 bridgehead atoms. The molecule has 2 aliphatic heterocycles. The molecule has 3 N–H and O–H groups in total. The fraction of sp³-hybridized carbons (Fsp3) is 0.143. The van der Waals surface area contributed by atoms with Gasteiger partial charge in [0.15, 0.2) is 17.7 Å². The van der Waals surface area contributed by atoms with Crippen molar-refractivity contribution in [1.29, 1.82) is 0 Å². The van der Waals surface area contributed by atoms with Gasteiger partial charge in [0.1, 0.15) is 18.6 Å². The number of anilines is 1. The number of hydrogen-bond acceptors (Lipinski definition) is 4. The van der Waals surface area contributed by atoms with Crippen LogP contribution in [-0.4, -0.2) is 30.8 Å². The summed E-state index contributed by atoms with van der Waals surface area (Å²) in [7, 11) is 1.56. The highest BCUT2D eigenvalue weighted by Gasteiger charge is 2.32. The van der Waals surface area contributed by atoms with E-state index in [4.69, 9.17) is 0 Å². The van der Waals surface area contributed by atoms with Crippen LogP contribution in [0, 0.1) is 9.39 Å². The molecule has 0 aromatic heterocycles. The number of halogens is 2. The van der Waals surface area contributed by atoms with Gasteiger partial charge in [0, 0.05) is 10.6 Å². The summed E-state index contributed by atoms with van der Waals surface area (Å²) in [5.74, 6) is -0.611. The van der Waals surface area contributed by atoms with Crippen LogP contribution in [0.1, 0.15) is 0 Å². The van der Waals surface area contributed by atoms with Crippen molar-refractivity contribution in [2.45, 2.75) is 0 Å². The Morgan fingerprint density at radius 1 is 1.50 bits per heavy atom. The third kappa shape index (κ3) is 2.83. The molecule has 0 radical (unpaired) electrons. The topological polar surface area (TPSA) is 61.2 Å². The van der Waals surface area contributed by atoms with Gasteiger partial charge < -0.3 is 5.32 Å². The van der Waals surface area contributed by atoms with Crippen molar-refractivity contribution < 1.29 is 14.1 Å². The van der Waals surface area contributed by atoms with Gasteiger partial charge in [-0.05, 0) is 40.8 Å². The SMILES string of the molecule is CNC(=O)C1=C[NH+]2C=NC=C2CN1Nc1ccc(I)cc1F. The van der Waals surface area contributed by atoms with Crippen LogP contribution in [0.4, 0.5) is 10.1 Å². The molecular formula is C14H14FIN5O+. The van der Waals surface area contributed by atoms with E-state index in [2.05, 4.69) is 15.7 Å². The van der Waals surface area contributed by atoms with Crippen molar-refractivity contribution in [3.05, 3.63) is 51.4 Å². The minimum Gasteiger partial charge on any atom is -0.354 e. The molecule has 0 fully saturated rings. The van der Waals surface area contributed by atoms with Crippen LogP contribution in [-0.2, 0) is 4.79 Å². The van der Waals surface area contributed by atoms with Crippen LogP contribution in [0.5, 0.6) is 0 Å². The van der Waals surface area contributed by atoms with Gasteiger partial charge in [-0.1, -0.05) is 0 Å². The Kier molecular flexibility index (Phi) is 4.12. The number of hydrazine groups is 1. The first-order valence-corrected chi connectivity index (χ1v) is 7.69. The second-order valence-electron chi connectivity index (χ2n) is 4.82. The highest BCUT2D eigenvalue weighted by Crippen LogP contribution is 2.20. The summed E-state index contributed by atoms with van der Waals surface area (Å²) in [5, 5.41) is 4.21. The van der Waals surface area contributed by atoms with Crippen molar-refractivity contribution >= 4 is 40.5 Å². The van der Waals surface area contributed by atoms with E-state index in [1.54, 1.807) is 42.9 Å². The van der Waals surface area contributed by atoms with Gasteiger partial charge in [-0.2, -0.15) is 0 Å². The largest absolute Gasteiger partial charge is 0.354 e. The molecule has 0 aliphatic carbocycles. The zero-order chi connectivity index (χ0) is 15.7. The Morgan fingerprint density at radius 2 is 2.32 bits per heavy atom. The molecule has 0 saturated heterocycles. The van der Waals surface area contributed by atoms with Crippen molar-refractivity contribution in [2.24, 2.45) is 4.99 Å². The Morgan fingerprint density at radius 3 is 3.05 bits per heavy atom. The molecule has 1 aromatic carbocycles. The average molecular weight is 414 g/mol. The van der Waals surface area contributed by atoms with Crippen molar-refractivity contribution in [1.82, 2.24) is 10.3 Å². The standard InChI is InChI=1S/C14H13FIN5O/c1-17-14(22)13-7-20-8-18-5-10(20)6-21(13)19-12-3-2-9(16)4-11(12)15/h2-5,7-8,19H,6H2,1H3,(H,17,22)/p+1. The Labute approximate surface area is 140 Å². The Bertz CT molecular complexity index is 715. The first-order valence-electron chi connectivity index (χ1n) is 6.61. The van der Waals surface area contributed by atoms with E-state index < -0.39 is 0 Å². The monoisotopic (exact) mass is 414 g/mol. The Balaban J connectivity index is 1.90. The smallest absolute Gasteiger partial charge is 0.274 e. The maximum absolute atomic E-state index is 14.0. The fourth-order valence-corrected chi connectivity index (χ4v) is 2.70. The van der Waals surface area contributed by atoms with Gasteiger partial charge in [0.05, 0.1) is 11.9 Å². The molecule has 2 aliphatic rings. The van der Waals surface area contributed by atoms with E-state index in [9.17, 15) is 9.18 Å². The molecule has 1 unspecified atom stereocenters. The number of quaternary nitrogens is 1. The summed E-state index contributed by atoms with van der Waals surface area (Å²) in [6.45, 7) is 0.431. The summed E-state index contributed by atoms with van der Waals surface area (Å²) in [6, 6.07) is 4.89. The number of carbonyl (C=O) groups is 1. The molecule has 6 nitrogen and oxygen atoms in total. The quantitative estimate of drug-likeness (QED) is 0.629. The van der Waals surface area contributed by atoms with E-state index in [-0.39, 0.29) is 11.7 Å². The number of benzene rings is 1. The van der Waals surface area contributed by atoms with Crippen molar-refractivity contribution in [3.63, 3.8) is 0 Å². The van der Waals surface area contributed by atoms with Crippen molar-refractivity contribution in [2.75, 3.05) is 19.0 Å². The number of nitrogens with one attached hydrogen (secondary N) is 3. The van der Waals surface area contributed by atoms with Gasteiger partial charge in [0.25, 0.3) is 5.91 Å². The van der Waals surface area contributed by atoms with Crippen LogP contribution in [0.25, 0.3) is 0 Å². The number of hydrogen-bond donors (Lipinski definition) is 3. The molecule has 3 rings (SSSR count). The molecule has 8 heteroatoms. The lowest BCUT2D eigenvalue weighted by molar-refractivity contribution is -0.694. The molecule has 0 spiro atoms. The maximum Gasteiger partial charge on any atom is 0.274 e. The number of rotatable bonds is 3. The van der Waals surface area contributed by atoms with E-state index in [1.807, 2.05) is 22.6 Å². The molecule has 22 heavy (non-hydrogen) atoms. The maximum atomic E-state index is 14.0. The van der Waals surface area contributed by atoms with Crippen LogP contribution < -0.4 is 15.6 Å². The minimum absolute atomic E-state index is 0.245. The fourth-order valence-electron chi connectivity index (χ4n) is 2.25. The van der Waals surface area contributed by atoms with E-state index >= 15 is 0 Å². The normalized spacial score (nSPS) is 19.4. The second kappa shape index (κ2) is 6.05. The van der Waals surface area contributed by atoms with Crippen LogP contribution in [0.2, 0.25) is 0 Å². The van der Waals surface area contributed by atoms with E-state index in [1.165, 1.54) is 6.07 Å². The minimum atomic E-state index is -0.366. The zero-order valence-electron chi connectivity index (χ0n) is 11.7. The summed E-state index contributed by atoms with van der Waals surface area (Å²) < 4.78 is 14.8.